The Balaban J connectivity index is 1.70. The minimum Gasteiger partial charge on any atom is -0.348 e. The number of rotatable bonds is 3. The van der Waals surface area contributed by atoms with Gasteiger partial charge in [0, 0.05) is 5.56 Å². The second-order valence-electron chi connectivity index (χ2n) is 5.85. The first-order chi connectivity index (χ1) is 10.7. The summed E-state index contributed by atoms with van der Waals surface area (Å²) in [4.78, 5) is 0. The van der Waals surface area contributed by atoms with Crippen LogP contribution in [0.25, 0.3) is 11.3 Å². The normalized spacial score (nSPS) is 20.8. The summed E-state index contributed by atoms with van der Waals surface area (Å²) in [5, 5.41) is 7.98. The Labute approximate surface area is 131 Å². The van der Waals surface area contributed by atoms with Gasteiger partial charge >= 0.3 is 6.18 Å². The van der Waals surface area contributed by atoms with E-state index in [0.717, 1.165) is 12.1 Å². The van der Waals surface area contributed by atoms with Gasteiger partial charge in [-0.3, -0.25) is 0 Å². The molecular weight excluding hydrogens is 311 g/mol. The number of ether oxygens (including phenoxy) is 2. The third-order valence-electron chi connectivity index (χ3n) is 3.50. The van der Waals surface area contributed by atoms with Crippen LogP contribution >= 0.6 is 0 Å². The molecule has 23 heavy (non-hydrogen) atoms. The first kappa shape index (κ1) is 15.9. The lowest BCUT2D eigenvalue weighted by Gasteiger charge is -2.16. The molecule has 1 aliphatic rings. The highest BCUT2D eigenvalue weighted by molar-refractivity contribution is 5.58. The molecule has 124 valence electrons. The van der Waals surface area contributed by atoms with Crippen LogP contribution in [0.1, 0.15) is 19.4 Å². The lowest BCUT2D eigenvalue weighted by atomic mass is 10.1. The Morgan fingerprint density at radius 3 is 2.52 bits per heavy atom. The van der Waals surface area contributed by atoms with E-state index in [4.69, 9.17) is 9.47 Å². The molecule has 1 aliphatic heterocycles. The number of hydrogen-bond acceptors (Lipinski definition) is 4. The van der Waals surface area contributed by atoms with Crippen LogP contribution in [0.15, 0.2) is 30.5 Å². The maximum absolute atomic E-state index is 12.6. The minimum absolute atomic E-state index is 0.132. The maximum atomic E-state index is 12.6. The predicted molar refractivity (Wildman–Crippen MR) is 75.4 cm³/mol. The molecule has 2 aromatic rings. The van der Waals surface area contributed by atoms with Crippen LogP contribution in [-0.2, 0) is 22.2 Å². The molecule has 3 rings (SSSR count). The van der Waals surface area contributed by atoms with Gasteiger partial charge in [-0.05, 0) is 26.0 Å². The van der Waals surface area contributed by atoms with E-state index in [2.05, 4.69) is 10.3 Å². The van der Waals surface area contributed by atoms with Crippen molar-refractivity contribution in [1.82, 2.24) is 15.0 Å². The van der Waals surface area contributed by atoms with Gasteiger partial charge in [-0.2, -0.15) is 13.2 Å². The quantitative estimate of drug-likeness (QED) is 0.869. The summed E-state index contributed by atoms with van der Waals surface area (Å²) < 4.78 is 50.4. The zero-order valence-electron chi connectivity index (χ0n) is 12.7. The van der Waals surface area contributed by atoms with E-state index in [-0.39, 0.29) is 6.10 Å². The Morgan fingerprint density at radius 1 is 1.26 bits per heavy atom. The number of halogens is 3. The van der Waals surface area contributed by atoms with Crippen LogP contribution in [0.3, 0.4) is 0 Å². The zero-order valence-corrected chi connectivity index (χ0v) is 12.7. The largest absolute Gasteiger partial charge is 0.416 e. The van der Waals surface area contributed by atoms with Gasteiger partial charge in [0.15, 0.2) is 5.79 Å². The molecule has 1 aromatic carbocycles. The minimum atomic E-state index is -4.34. The van der Waals surface area contributed by atoms with Crippen molar-refractivity contribution in [2.24, 2.45) is 0 Å². The fourth-order valence-electron chi connectivity index (χ4n) is 2.41. The van der Waals surface area contributed by atoms with Crippen molar-refractivity contribution in [3.63, 3.8) is 0 Å². The summed E-state index contributed by atoms with van der Waals surface area (Å²) in [6.07, 6.45) is -2.80. The van der Waals surface area contributed by atoms with Gasteiger partial charge in [0.05, 0.1) is 24.9 Å². The highest BCUT2D eigenvalue weighted by Crippen LogP contribution is 2.30. The number of aromatic nitrogens is 3. The van der Waals surface area contributed by atoms with Crippen molar-refractivity contribution in [3.8, 4) is 11.3 Å². The van der Waals surface area contributed by atoms with Crippen molar-refractivity contribution < 1.29 is 22.6 Å². The summed E-state index contributed by atoms with van der Waals surface area (Å²) in [7, 11) is 0. The molecule has 0 spiro atoms. The van der Waals surface area contributed by atoms with Gasteiger partial charge in [-0.15, -0.1) is 5.10 Å². The van der Waals surface area contributed by atoms with E-state index < -0.39 is 17.5 Å². The van der Waals surface area contributed by atoms with Gasteiger partial charge in [0.1, 0.15) is 11.8 Å². The van der Waals surface area contributed by atoms with E-state index in [1.807, 2.05) is 13.8 Å². The summed E-state index contributed by atoms with van der Waals surface area (Å²) in [5.74, 6) is -0.610. The molecule has 0 saturated carbocycles. The molecule has 0 radical (unpaired) electrons. The van der Waals surface area contributed by atoms with Crippen LogP contribution in [0.4, 0.5) is 13.2 Å². The SMILES string of the molecule is CC1(C)OCC(Cn2cc(-c3ccc(C(F)(F)F)cc3)nn2)O1. The van der Waals surface area contributed by atoms with Crippen LogP contribution in [0.5, 0.6) is 0 Å². The van der Waals surface area contributed by atoms with Crippen molar-refractivity contribution in [2.75, 3.05) is 6.61 Å². The standard InChI is InChI=1S/C15H16F3N3O2/c1-14(2)22-9-12(23-14)7-21-8-13(19-20-21)10-3-5-11(6-4-10)15(16,17)18/h3-6,8,12H,7,9H2,1-2H3. The smallest absolute Gasteiger partial charge is 0.348 e. The Hall–Kier alpha value is -1.93. The number of hydrogen-bond donors (Lipinski definition) is 0. The van der Waals surface area contributed by atoms with Gasteiger partial charge in [-0.1, -0.05) is 17.3 Å². The molecule has 0 aliphatic carbocycles. The monoisotopic (exact) mass is 327 g/mol. The van der Waals surface area contributed by atoms with Crippen LogP contribution < -0.4 is 0 Å². The van der Waals surface area contributed by atoms with Gasteiger partial charge in [0.2, 0.25) is 0 Å². The van der Waals surface area contributed by atoms with Crippen LogP contribution in [0, 0.1) is 0 Å². The fourth-order valence-corrected chi connectivity index (χ4v) is 2.41. The molecule has 1 atom stereocenters. The molecule has 2 heterocycles. The molecule has 0 bridgehead atoms. The first-order valence-electron chi connectivity index (χ1n) is 7.12. The second-order valence-corrected chi connectivity index (χ2v) is 5.85. The summed E-state index contributed by atoms with van der Waals surface area (Å²) in [6.45, 7) is 4.60. The van der Waals surface area contributed by atoms with Crippen molar-refractivity contribution >= 4 is 0 Å². The fraction of sp³-hybridized carbons (Fsp3) is 0.467. The first-order valence-corrected chi connectivity index (χ1v) is 7.12. The second kappa shape index (κ2) is 5.61. The lowest BCUT2D eigenvalue weighted by molar-refractivity contribution is -0.140. The molecule has 1 fully saturated rings. The number of benzene rings is 1. The Morgan fingerprint density at radius 2 is 1.96 bits per heavy atom. The molecule has 8 heteroatoms. The topological polar surface area (TPSA) is 49.2 Å². The van der Waals surface area contributed by atoms with E-state index in [1.54, 1.807) is 10.9 Å². The van der Waals surface area contributed by atoms with Crippen LogP contribution in [0.2, 0.25) is 0 Å². The average molecular weight is 327 g/mol. The van der Waals surface area contributed by atoms with Gasteiger partial charge < -0.3 is 9.47 Å². The third-order valence-corrected chi connectivity index (χ3v) is 3.50. The highest BCUT2D eigenvalue weighted by Gasteiger charge is 2.33. The Bertz CT molecular complexity index is 680. The van der Waals surface area contributed by atoms with E-state index in [0.29, 0.717) is 24.4 Å². The summed E-state index contributed by atoms with van der Waals surface area (Å²) in [5.41, 5.74) is 0.400. The summed E-state index contributed by atoms with van der Waals surface area (Å²) in [6, 6.07) is 4.83. The van der Waals surface area contributed by atoms with Gasteiger partial charge in [0.25, 0.3) is 0 Å². The van der Waals surface area contributed by atoms with E-state index >= 15 is 0 Å². The lowest BCUT2D eigenvalue weighted by Crippen LogP contribution is -2.24. The van der Waals surface area contributed by atoms with E-state index in [9.17, 15) is 13.2 Å². The molecule has 1 aromatic heterocycles. The van der Waals surface area contributed by atoms with Crippen molar-refractivity contribution in [1.29, 1.82) is 0 Å². The number of nitrogens with zero attached hydrogens (tertiary/aromatic N) is 3. The zero-order chi connectivity index (χ0) is 16.7. The van der Waals surface area contributed by atoms with E-state index in [1.165, 1.54) is 12.1 Å². The third kappa shape index (κ3) is 3.70. The molecule has 0 amide bonds. The molecule has 1 saturated heterocycles. The summed E-state index contributed by atoms with van der Waals surface area (Å²) >= 11 is 0. The Kier molecular flexibility index (Phi) is 3.89. The average Bonchev–Trinajstić information content (AvgIpc) is 3.05. The molecular formula is C15H16F3N3O2. The highest BCUT2D eigenvalue weighted by atomic mass is 19.4. The number of alkyl halides is 3. The molecule has 0 N–H and O–H groups in total. The van der Waals surface area contributed by atoms with Crippen molar-refractivity contribution in [2.45, 2.75) is 38.5 Å². The van der Waals surface area contributed by atoms with Gasteiger partial charge in [-0.25, -0.2) is 4.68 Å². The maximum Gasteiger partial charge on any atom is 0.416 e. The van der Waals surface area contributed by atoms with Crippen LogP contribution in [-0.4, -0.2) is 33.5 Å². The van der Waals surface area contributed by atoms with Crippen molar-refractivity contribution in [3.05, 3.63) is 36.0 Å². The molecule has 1 unspecified atom stereocenters. The predicted octanol–water partition coefficient (Wildman–Crippen LogP) is 3.12. The molecule has 5 nitrogen and oxygen atoms in total.